The Bertz CT molecular complexity index is 973. The van der Waals surface area contributed by atoms with E-state index in [4.69, 9.17) is 21.1 Å². The van der Waals surface area contributed by atoms with Crippen molar-refractivity contribution in [2.45, 2.75) is 6.18 Å². The van der Waals surface area contributed by atoms with E-state index in [1.807, 2.05) is 0 Å². The van der Waals surface area contributed by atoms with Crippen molar-refractivity contribution in [2.24, 2.45) is 10.8 Å². The van der Waals surface area contributed by atoms with Gasteiger partial charge >= 0.3 is 6.18 Å². The molecule has 0 radical (unpaired) electrons. The summed E-state index contributed by atoms with van der Waals surface area (Å²) in [6.45, 7) is 0. The maximum Gasteiger partial charge on any atom is 0.416 e. The summed E-state index contributed by atoms with van der Waals surface area (Å²) in [6, 6.07) is 4.38. The number of nitrogens with one attached hydrogen (secondary N) is 2. The van der Waals surface area contributed by atoms with E-state index in [0.717, 1.165) is 18.2 Å². The van der Waals surface area contributed by atoms with Crippen molar-refractivity contribution in [3.63, 3.8) is 0 Å². The zero-order valence-electron chi connectivity index (χ0n) is 13.5. The molecule has 0 aliphatic heterocycles. The topological polar surface area (TPSA) is 107 Å². The highest BCUT2D eigenvalue weighted by Gasteiger charge is 2.33. The summed E-state index contributed by atoms with van der Waals surface area (Å²) < 4.78 is 83.9. The van der Waals surface area contributed by atoms with E-state index in [2.05, 4.69) is 10.5 Å². The SMILES string of the molecule is N#C/C(=N\Nc1ccc(Oc2c(F)cc(C(F)(F)F)cc2F)c(F)c1)C(=N)N. The number of hydrogen-bond donors (Lipinski definition) is 3. The molecular weight excluding hydrogens is 392 g/mol. The molecule has 0 fully saturated rings. The lowest BCUT2D eigenvalue weighted by Crippen LogP contribution is -2.21. The molecule has 0 aromatic heterocycles. The molecule has 0 bridgehead atoms. The van der Waals surface area contributed by atoms with Crippen LogP contribution in [0.25, 0.3) is 0 Å². The molecule has 2 aromatic rings. The average molecular weight is 401 g/mol. The van der Waals surface area contributed by atoms with Gasteiger partial charge in [0.25, 0.3) is 0 Å². The number of rotatable bonds is 5. The van der Waals surface area contributed by atoms with Crippen molar-refractivity contribution >= 4 is 17.2 Å². The van der Waals surface area contributed by atoms with Gasteiger partial charge in [-0.25, -0.2) is 13.2 Å². The Hall–Kier alpha value is -3.75. The number of hydrogen-bond acceptors (Lipinski definition) is 5. The first-order valence-corrected chi connectivity index (χ1v) is 7.14. The first-order chi connectivity index (χ1) is 13.0. The van der Waals surface area contributed by atoms with Gasteiger partial charge < -0.3 is 10.5 Å². The maximum absolute atomic E-state index is 14.1. The van der Waals surface area contributed by atoms with Crippen LogP contribution < -0.4 is 15.9 Å². The minimum absolute atomic E-state index is 0.0200. The predicted octanol–water partition coefficient (Wildman–Crippen LogP) is 4.14. The van der Waals surface area contributed by atoms with Gasteiger partial charge in [0.15, 0.2) is 34.8 Å². The van der Waals surface area contributed by atoms with Crippen LogP contribution in [0, 0.1) is 34.2 Å². The van der Waals surface area contributed by atoms with Crippen LogP contribution in [-0.2, 0) is 6.18 Å². The first kappa shape index (κ1) is 20.6. The minimum atomic E-state index is -4.97. The van der Waals surface area contributed by atoms with Crippen LogP contribution in [0.4, 0.5) is 32.0 Å². The van der Waals surface area contributed by atoms with Crippen molar-refractivity contribution < 1.29 is 31.1 Å². The number of alkyl halides is 3. The number of halogens is 6. The third-order valence-electron chi connectivity index (χ3n) is 3.13. The number of hydrazone groups is 1. The van der Waals surface area contributed by atoms with E-state index >= 15 is 0 Å². The fourth-order valence-electron chi connectivity index (χ4n) is 1.85. The number of ether oxygens (including phenoxy) is 1. The van der Waals surface area contributed by atoms with Crippen molar-refractivity contribution in [1.29, 1.82) is 10.7 Å². The monoisotopic (exact) mass is 401 g/mol. The van der Waals surface area contributed by atoms with Crippen LogP contribution >= 0.6 is 0 Å². The van der Waals surface area contributed by atoms with Crippen LogP contribution in [0.3, 0.4) is 0 Å². The van der Waals surface area contributed by atoms with Crippen LogP contribution in [0.15, 0.2) is 35.4 Å². The molecule has 0 spiro atoms. The molecule has 0 amide bonds. The average Bonchev–Trinajstić information content (AvgIpc) is 2.58. The van der Waals surface area contributed by atoms with E-state index in [-0.39, 0.29) is 17.8 Å². The Morgan fingerprint density at radius 1 is 1.11 bits per heavy atom. The van der Waals surface area contributed by atoms with Crippen molar-refractivity contribution in [2.75, 3.05) is 5.43 Å². The molecule has 0 unspecified atom stereocenters. The first-order valence-electron chi connectivity index (χ1n) is 7.14. The Labute approximate surface area is 153 Å². The van der Waals surface area contributed by atoms with E-state index in [1.54, 1.807) is 0 Å². The van der Waals surface area contributed by atoms with Crippen LogP contribution in [0.1, 0.15) is 5.56 Å². The summed E-state index contributed by atoms with van der Waals surface area (Å²) in [5.74, 6) is -7.01. The molecule has 28 heavy (non-hydrogen) atoms. The van der Waals surface area contributed by atoms with Gasteiger partial charge in [0, 0.05) is 6.07 Å². The highest BCUT2D eigenvalue weighted by molar-refractivity contribution is 6.45. The van der Waals surface area contributed by atoms with Gasteiger partial charge in [-0.15, -0.1) is 0 Å². The lowest BCUT2D eigenvalue weighted by Gasteiger charge is -2.12. The van der Waals surface area contributed by atoms with Crippen LogP contribution in [0.5, 0.6) is 11.5 Å². The molecule has 0 heterocycles. The number of benzene rings is 2. The molecule has 6 nitrogen and oxygen atoms in total. The Balaban J connectivity index is 2.27. The fourth-order valence-corrected chi connectivity index (χ4v) is 1.85. The standard InChI is InChI=1S/C16H9F6N5O/c17-9-5-8(26-27-12(6-23)15(24)25)1-2-13(9)28-14-10(18)3-7(4-11(14)19)16(20,21)22/h1-5,26H,(H3,24,25)/b27-12+. The molecule has 0 aliphatic carbocycles. The summed E-state index contributed by atoms with van der Waals surface area (Å²) in [6.07, 6.45) is -4.97. The van der Waals surface area contributed by atoms with Crippen molar-refractivity contribution in [3.05, 3.63) is 53.3 Å². The highest BCUT2D eigenvalue weighted by atomic mass is 19.4. The molecule has 0 aliphatic rings. The van der Waals surface area contributed by atoms with E-state index in [0.29, 0.717) is 0 Å². The van der Waals surface area contributed by atoms with Crippen LogP contribution in [0.2, 0.25) is 0 Å². The molecule has 146 valence electrons. The summed E-state index contributed by atoms with van der Waals surface area (Å²) in [5, 5.41) is 19.2. The summed E-state index contributed by atoms with van der Waals surface area (Å²) in [5.41, 5.74) is 5.23. The summed E-state index contributed by atoms with van der Waals surface area (Å²) in [4.78, 5) is 0. The summed E-state index contributed by atoms with van der Waals surface area (Å²) in [7, 11) is 0. The number of amidine groups is 1. The van der Waals surface area contributed by atoms with Gasteiger partial charge in [-0.2, -0.15) is 23.5 Å². The number of nitrogens with two attached hydrogens (primary N) is 1. The minimum Gasteiger partial charge on any atom is -0.448 e. The Kier molecular flexibility index (Phi) is 5.78. The summed E-state index contributed by atoms with van der Waals surface area (Å²) >= 11 is 0. The second-order valence-corrected chi connectivity index (χ2v) is 5.11. The lowest BCUT2D eigenvalue weighted by molar-refractivity contribution is -0.138. The van der Waals surface area contributed by atoms with Gasteiger partial charge in [0.1, 0.15) is 6.07 Å². The Morgan fingerprint density at radius 3 is 2.18 bits per heavy atom. The molecule has 0 saturated carbocycles. The van der Waals surface area contributed by atoms with Gasteiger partial charge in [-0.05, 0) is 24.3 Å². The van der Waals surface area contributed by atoms with E-state index in [9.17, 15) is 26.3 Å². The number of nitriles is 1. The fraction of sp³-hybridized carbons (Fsp3) is 0.0625. The third-order valence-corrected chi connectivity index (χ3v) is 3.13. The highest BCUT2D eigenvalue weighted by Crippen LogP contribution is 2.36. The lowest BCUT2D eigenvalue weighted by atomic mass is 10.2. The van der Waals surface area contributed by atoms with E-state index < -0.39 is 52.2 Å². The quantitative estimate of drug-likeness (QED) is 0.303. The molecule has 12 heteroatoms. The van der Waals surface area contributed by atoms with Crippen molar-refractivity contribution in [1.82, 2.24) is 0 Å². The Morgan fingerprint density at radius 2 is 1.71 bits per heavy atom. The van der Waals surface area contributed by atoms with E-state index in [1.165, 1.54) is 6.07 Å². The largest absolute Gasteiger partial charge is 0.448 e. The van der Waals surface area contributed by atoms with Gasteiger partial charge in [0.2, 0.25) is 5.71 Å². The zero-order valence-corrected chi connectivity index (χ0v) is 13.5. The molecule has 2 rings (SSSR count). The molecule has 0 saturated heterocycles. The molecule has 0 atom stereocenters. The maximum atomic E-state index is 14.1. The second-order valence-electron chi connectivity index (χ2n) is 5.11. The van der Waals surface area contributed by atoms with Crippen LogP contribution in [-0.4, -0.2) is 11.5 Å². The molecule has 4 N–H and O–H groups in total. The number of anilines is 1. The third kappa shape index (κ3) is 4.70. The van der Waals surface area contributed by atoms with Gasteiger partial charge in [0.05, 0.1) is 11.3 Å². The molecule has 2 aromatic carbocycles. The number of nitrogens with zero attached hydrogens (tertiary/aromatic N) is 2. The van der Waals surface area contributed by atoms with Crippen molar-refractivity contribution in [3.8, 4) is 17.6 Å². The van der Waals surface area contributed by atoms with Gasteiger partial charge in [-0.1, -0.05) is 0 Å². The van der Waals surface area contributed by atoms with Gasteiger partial charge in [-0.3, -0.25) is 10.8 Å². The smallest absolute Gasteiger partial charge is 0.416 e. The molecular formula is C16H9F6N5O. The zero-order chi connectivity index (χ0) is 21.1. The normalized spacial score (nSPS) is 11.7. The predicted molar refractivity (Wildman–Crippen MR) is 86.4 cm³/mol. The second kappa shape index (κ2) is 7.87.